The van der Waals surface area contributed by atoms with Crippen LogP contribution in [0, 0.1) is 0 Å². The van der Waals surface area contributed by atoms with Crippen LogP contribution in [0.5, 0.6) is 0 Å². The van der Waals surface area contributed by atoms with Crippen LogP contribution in [-0.2, 0) is 14.3 Å². The smallest absolute Gasteiger partial charge is 0.409 e. The Morgan fingerprint density at radius 1 is 0.826 bits per heavy atom. The Morgan fingerprint density at radius 3 is 2.04 bits per heavy atom. The molecule has 0 saturated heterocycles. The van der Waals surface area contributed by atoms with E-state index in [9.17, 15) is 9.59 Å². The maximum Gasteiger partial charge on any atom is 0.409 e. The van der Waals surface area contributed by atoms with Crippen LogP contribution in [-0.4, -0.2) is 43.8 Å². The summed E-state index contributed by atoms with van der Waals surface area (Å²) in [6, 6.07) is 0. The van der Waals surface area contributed by atoms with Gasteiger partial charge in [-0.3, -0.25) is 4.79 Å². The lowest BCUT2D eigenvalue weighted by molar-refractivity contribution is -0.143. The van der Waals surface area contributed by atoms with E-state index in [-0.39, 0.29) is 12.1 Å². The Morgan fingerprint density at radius 2 is 1.43 bits per heavy atom. The van der Waals surface area contributed by atoms with E-state index in [2.05, 4.69) is 6.92 Å². The van der Waals surface area contributed by atoms with Gasteiger partial charge in [-0.1, -0.05) is 51.9 Å². The number of carbonyl (C=O) groups excluding carboxylic acids is 2. The molecule has 0 aliphatic heterocycles. The Kier molecular flexibility index (Phi) is 14.8. The molecule has 0 radical (unpaired) electrons. The van der Waals surface area contributed by atoms with Crippen molar-refractivity contribution in [2.45, 2.75) is 78.1 Å². The molecule has 0 bridgehead atoms. The van der Waals surface area contributed by atoms with E-state index < -0.39 is 0 Å². The molecule has 0 aliphatic carbocycles. The van der Waals surface area contributed by atoms with Crippen molar-refractivity contribution in [1.29, 1.82) is 0 Å². The van der Waals surface area contributed by atoms with Crippen molar-refractivity contribution < 1.29 is 19.1 Å². The third-order valence-electron chi connectivity index (χ3n) is 3.71. The molecule has 0 aromatic heterocycles. The molecule has 1 amide bonds. The van der Waals surface area contributed by atoms with Crippen LogP contribution in [0.2, 0.25) is 0 Å². The van der Waals surface area contributed by atoms with Crippen molar-refractivity contribution in [3.8, 4) is 0 Å². The molecule has 23 heavy (non-hydrogen) atoms. The minimum absolute atomic E-state index is 0.176. The molecule has 5 heteroatoms. The lowest BCUT2D eigenvalue weighted by Gasteiger charge is -2.15. The van der Waals surface area contributed by atoms with Gasteiger partial charge in [-0.2, -0.15) is 0 Å². The second kappa shape index (κ2) is 15.6. The van der Waals surface area contributed by atoms with Gasteiger partial charge in [-0.05, 0) is 19.8 Å². The molecule has 0 aromatic rings. The van der Waals surface area contributed by atoms with Crippen molar-refractivity contribution in [2.24, 2.45) is 0 Å². The van der Waals surface area contributed by atoms with Gasteiger partial charge in [0.2, 0.25) is 0 Å². The lowest BCUT2D eigenvalue weighted by atomic mass is 10.1. The molecule has 0 unspecified atom stereocenters. The standard InChI is InChI=1S/C18H35NO4/c1-4-6-7-8-9-10-11-12-16-23-17(20)14-13-15-19(3)18(21)22-5-2/h4-16H2,1-3H3. The predicted octanol–water partition coefficient (Wildman–Crippen LogP) is 4.54. The van der Waals surface area contributed by atoms with Crippen molar-refractivity contribution in [2.75, 3.05) is 26.8 Å². The highest BCUT2D eigenvalue weighted by Crippen LogP contribution is 2.08. The summed E-state index contributed by atoms with van der Waals surface area (Å²) in [6.45, 7) is 5.38. The average Bonchev–Trinajstić information content (AvgIpc) is 2.53. The van der Waals surface area contributed by atoms with Gasteiger partial charge >= 0.3 is 12.1 Å². The second-order valence-electron chi connectivity index (χ2n) is 5.92. The fraction of sp³-hybridized carbons (Fsp3) is 0.889. The first kappa shape index (κ1) is 21.7. The van der Waals surface area contributed by atoms with Crippen molar-refractivity contribution in [1.82, 2.24) is 4.90 Å². The van der Waals surface area contributed by atoms with Gasteiger partial charge in [0.1, 0.15) is 0 Å². The van der Waals surface area contributed by atoms with E-state index in [1.165, 1.54) is 43.4 Å². The summed E-state index contributed by atoms with van der Waals surface area (Å²) in [7, 11) is 1.67. The third kappa shape index (κ3) is 14.1. The second-order valence-corrected chi connectivity index (χ2v) is 5.92. The molecule has 0 fully saturated rings. The Hall–Kier alpha value is -1.26. The minimum Gasteiger partial charge on any atom is -0.466 e. The summed E-state index contributed by atoms with van der Waals surface area (Å²) < 4.78 is 10.1. The third-order valence-corrected chi connectivity index (χ3v) is 3.71. The van der Waals surface area contributed by atoms with Crippen LogP contribution in [0.4, 0.5) is 4.79 Å². The molecule has 0 atom stereocenters. The molecule has 0 aliphatic rings. The van der Waals surface area contributed by atoms with E-state index in [0.29, 0.717) is 32.6 Å². The van der Waals surface area contributed by atoms with Crippen LogP contribution in [0.3, 0.4) is 0 Å². The predicted molar refractivity (Wildman–Crippen MR) is 92.5 cm³/mol. The zero-order valence-corrected chi connectivity index (χ0v) is 15.3. The molecule has 0 aromatic carbocycles. The fourth-order valence-electron chi connectivity index (χ4n) is 2.28. The van der Waals surface area contributed by atoms with Crippen LogP contribution >= 0.6 is 0 Å². The number of carbonyl (C=O) groups is 2. The van der Waals surface area contributed by atoms with Gasteiger partial charge < -0.3 is 14.4 Å². The number of nitrogens with zero attached hydrogens (tertiary/aromatic N) is 1. The Bertz CT molecular complexity index is 307. The van der Waals surface area contributed by atoms with Gasteiger partial charge in [-0.15, -0.1) is 0 Å². The van der Waals surface area contributed by atoms with Gasteiger partial charge in [0.25, 0.3) is 0 Å². The molecule has 136 valence electrons. The van der Waals surface area contributed by atoms with Gasteiger partial charge in [0, 0.05) is 20.0 Å². The van der Waals surface area contributed by atoms with Crippen molar-refractivity contribution in [3.63, 3.8) is 0 Å². The molecule has 0 saturated carbocycles. The maximum atomic E-state index is 11.6. The van der Waals surface area contributed by atoms with E-state index in [4.69, 9.17) is 9.47 Å². The molecule has 5 nitrogen and oxygen atoms in total. The normalized spacial score (nSPS) is 10.4. The number of esters is 1. The Labute approximate surface area is 141 Å². The van der Waals surface area contributed by atoms with Crippen LogP contribution in [0.25, 0.3) is 0 Å². The van der Waals surface area contributed by atoms with Crippen LogP contribution in [0.1, 0.15) is 78.1 Å². The highest BCUT2D eigenvalue weighted by atomic mass is 16.6. The van der Waals surface area contributed by atoms with Gasteiger partial charge in [0.05, 0.1) is 13.2 Å². The highest BCUT2D eigenvalue weighted by molar-refractivity contribution is 5.69. The van der Waals surface area contributed by atoms with Gasteiger partial charge in [0.15, 0.2) is 0 Å². The first-order chi connectivity index (χ1) is 11.1. The lowest BCUT2D eigenvalue weighted by Crippen LogP contribution is -2.28. The molecule has 0 heterocycles. The summed E-state index contributed by atoms with van der Waals surface area (Å²) in [5.74, 6) is -0.176. The number of hydrogen-bond acceptors (Lipinski definition) is 4. The van der Waals surface area contributed by atoms with Gasteiger partial charge in [-0.25, -0.2) is 4.79 Å². The number of amides is 1. The molecule has 0 rings (SSSR count). The first-order valence-corrected chi connectivity index (χ1v) is 9.15. The van der Waals surface area contributed by atoms with E-state index in [0.717, 1.165) is 12.8 Å². The highest BCUT2D eigenvalue weighted by Gasteiger charge is 2.10. The van der Waals surface area contributed by atoms with E-state index in [1.807, 2.05) is 0 Å². The molecule has 0 N–H and O–H groups in total. The topological polar surface area (TPSA) is 55.8 Å². The first-order valence-electron chi connectivity index (χ1n) is 9.15. The fourth-order valence-corrected chi connectivity index (χ4v) is 2.28. The summed E-state index contributed by atoms with van der Waals surface area (Å²) in [5.41, 5.74) is 0. The maximum absolute atomic E-state index is 11.6. The van der Waals surface area contributed by atoms with Crippen LogP contribution < -0.4 is 0 Å². The van der Waals surface area contributed by atoms with Crippen molar-refractivity contribution >= 4 is 12.1 Å². The molecular formula is C18H35NO4. The number of unbranched alkanes of at least 4 members (excludes halogenated alkanes) is 7. The summed E-state index contributed by atoms with van der Waals surface area (Å²) in [5, 5.41) is 0. The summed E-state index contributed by atoms with van der Waals surface area (Å²) >= 11 is 0. The van der Waals surface area contributed by atoms with Crippen molar-refractivity contribution in [3.05, 3.63) is 0 Å². The monoisotopic (exact) mass is 329 g/mol. The van der Waals surface area contributed by atoms with E-state index >= 15 is 0 Å². The minimum atomic E-state index is -0.347. The zero-order valence-electron chi connectivity index (χ0n) is 15.3. The molecule has 0 spiro atoms. The average molecular weight is 329 g/mol. The number of ether oxygens (including phenoxy) is 2. The number of hydrogen-bond donors (Lipinski definition) is 0. The zero-order chi connectivity index (χ0) is 17.3. The van der Waals surface area contributed by atoms with Crippen LogP contribution in [0.15, 0.2) is 0 Å². The Balaban J connectivity index is 3.39. The summed E-state index contributed by atoms with van der Waals surface area (Å²) in [6.07, 6.45) is 10.5. The SMILES string of the molecule is CCCCCCCCCCOC(=O)CCCN(C)C(=O)OCC. The quantitative estimate of drug-likeness (QED) is 0.347. The number of rotatable bonds is 14. The summed E-state index contributed by atoms with van der Waals surface area (Å²) in [4.78, 5) is 24.4. The van der Waals surface area contributed by atoms with E-state index in [1.54, 1.807) is 14.0 Å². The molecular weight excluding hydrogens is 294 g/mol. The largest absolute Gasteiger partial charge is 0.466 e.